The number of rotatable bonds is 12. The summed E-state index contributed by atoms with van der Waals surface area (Å²) in [5.41, 5.74) is 5.03. The topological polar surface area (TPSA) is 130 Å². The van der Waals surface area contributed by atoms with Crippen molar-refractivity contribution in [1.29, 1.82) is 0 Å². The van der Waals surface area contributed by atoms with Crippen LogP contribution in [0.2, 0.25) is 0 Å². The molecule has 8 nitrogen and oxygen atoms in total. The Hall–Kier alpha value is -2.53. The third-order valence-electron chi connectivity index (χ3n) is 9.37. The van der Waals surface area contributed by atoms with Crippen molar-refractivity contribution in [3.05, 3.63) is 103 Å². The number of phosphoric acid groups is 1. The molecule has 0 unspecified atom stereocenters. The van der Waals surface area contributed by atoms with Gasteiger partial charge in [0.05, 0.1) is 7.82 Å². The van der Waals surface area contributed by atoms with E-state index < -0.39 is 7.82 Å². The summed E-state index contributed by atoms with van der Waals surface area (Å²) in [6.45, 7) is 9.16. The fourth-order valence-electron chi connectivity index (χ4n) is 7.10. The Morgan fingerprint density at radius 3 is 1.45 bits per heavy atom. The maximum Gasteiger partial charge on any atom is 0.119 e. The number of aromatic hydroxyl groups is 2. The average molecular weight is 727 g/mol. The third kappa shape index (κ3) is 12.9. The van der Waals surface area contributed by atoms with Gasteiger partial charge in [-0.3, -0.25) is 9.80 Å². The molecule has 0 saturated heterocycles. The van der Waals surface area contributed by atoms with Crippen molar-refractivity contribution in [2.24, 2.45) is 0 Å². The molecule has 0 amide bonds. The summed E-state index contributed by atoms with van der Waals surface area (Å²) in [7, 11) is -5.14. The molecular weight excluding hydrogens is 676 g/mol. The maximum atomic E-state index is 10.0. The summed E-state index contributed by atoms with van der Waals surface area (Å²) >= 11 is 3.72. The molecule has 11 heteroatoms. The Morgan fingerprint density at radius 1 is 0.694 bits per heavy atom. The minimum Gasteiger partial charge on any atom is -0.790 e. The van der Waals surface area contributed by atoms with Crippen LogP contribution in [-0.4, -0.2) is 63.2 Å². The van der Waals surface area contributed by atoms with Gasteiger partial charge in [-0.15, -0.1) is 22.7 Å². The van der Waals surface area contributed by atoms with Gasteiger partial charge in [0.2, 0.25) is 0 Å². The first-order chi connectivity index (χ1) is 23.6. The van der Waals surface area contributed by atoms with Gasteiger partial charge in [-0.2, -0.15) is 0 Å². The Balaban J connectivity index is 0.000000194. The number of thiophene rings is 2. The van der Waals surface area contributed by atoms with Gasteiger partial charge in [-0.05, 0) is 135 Å². The van der Waals surface area contributed by atoms with E-state index in [1.54, 1.807) is 0 Å². The lowest BCUT2D eigenvalue weighted by Crippen LogP contribution is -2.41. The molecule has 0 aliphatic heterocycles. The van der Waals surface area contributed by atoms with Crippen molar-refractivity contribution in [3.8, 4) is 11.5 Å². The average Bonchev–Trinajstić information content (AvgIpc) is 3.80. The zero-order valence-corrected chi connectivity index (χ0v) is 31.2. The van der Waals surface area contributed by atoms with E-state index in [0.717, 1.165) is 64.5 Å². The van der Waals surface area contributed by atoms with Crippen molar-refractivity contribution >= 4 is 30.5 Å². The van der Waals surface area contributed by atoms with Gasteiger partial charge in [-0.25, -0.2) is 0 Å². The highest BCUT2D eigenvalue weighted by Gasteiger charge is 2.26. The number of phenolic OH excluding ortho intramolecular Hbond substituents is 2. The van der Waals surface area contributed by atoms with Crippen molar-refractivity contribution in [1.82, 2.24) is 9.80 Å². The molecule has 6 rings (SSSR count). The van der Waals surface area contributed by atoms with Crippen LogP contribution in [0.25, 0.3) is 0 Å². The number of phenols is 2. The molecule has 0 radical (unpaired) electrons. The first-order valence-electron chi connectivity index (χ1n) is 17.4. The van der Waals surface area contributed by atoms with Crippen LogP contribution in [0.15, 0.2) is 71.4 Å². The van der Waals surface area contributed by atoms with Crippen LogP contribution in [0.4, 0.5) is 0 Å². The summed E-state index contributed by atoms with van der Waals surface area (Å²) in [6, 6.07) is 22.0. The standard InChI is InChI=1S/2C19H25NOS.H3O4P/c2*1-2-11-20(12-10-17-6-4-13-22-17)16-8-9-18-15(14-16)5-3-7-19(18)21;1-5(2,3)4/h2*3-7,13,16,21H,2,8-12,14H2,1H3;(H3,1,2,3,4)/p-2/t2*16-;/m00./s1. The first-order valence-corrected chi connectivity index (χ1v) is 20.7. The van der Waals surface area contributed by atoms with E-state index in [4.69, 9.17) is 19.2 Å². The molecule has 0 spiro atoms. The van der Waals surface area contributed by atoms with Gasteiger partial charge in [0.25, 0.3) is 0 Å². The Kier molecular flexibility index (Phi) is 15.8. The van der Waals surface area contributed by atoms with Crippen molar-refractivity contribution in [2.45, 2.75) is 90.1 Å². The molecule has 2 aromatic heterocycles. The number of hydrogen-bond acceptors (Lipinski definition) is 9. The Labute approximate surface area is 299 Å². The molecule has 2 aliphatic carbocycles. The predicted molar refractivity (Wildman–Crippen MR) is 197 cm³/mol. The minimum absolute atomic E-state index is 0.483. The lowest BCUT2D eigenvalue weighted by atomic mass is 9.86. The zero-order chi connectivity index (χ0) is 35.2. The van der Waals surface area contributed by atoms with Crippen LogP contribution in [-0.2, 0) is 43.1 Å². The molecule has 2 atom stereocenters. The van der Waals surface area contributed by atoms with Crippen LogP contribution in [0, 0.1) is 0 Å². The van der Waals surface area contributed by atoms with Crippen LogP contribution >= 0.6 is 30.5 Å². The second-order valence-electron chi connectivity index (χ2n) is 12.8. The van der Waals surface area contributed by atoms with Crippen LogP contribution in [0.1, 0.15) is 71.5 Å². The van der Waals surface area contributed by atoms with Gasteiger partial charge in [-0.1, -0.05) is 50.2 Å². The molecule has 2 aliphatic rings. The van der Waals surface area contributed by atoms with Gasteiger partial charge in [0.15, 0.2) is 0 Å². The quantitative estimate of drug-likeness (QED) is 0.144. The number of benzene rings is 2. The lowest BCUT2D eigenvalue weighted by molar-refractivity contribution is -0.337. The molecule has 0 saturated carbocycles. The molecule has 2 aromatic carbocycles. The SMILES string of the molecule is CCCN(CCc1cccs1)[C@H]1CCc2c(O)cccc2C1.CCCN(CCc1cccs1)[C@H]1CCc2c(O)cccc2C1.O=P([O-])([O-])O. The molecule has 49 heavy (non-hydrogen) atoms. The number of hydrogen-bond donors (Lipinski definition) is 3. The maximum absolute atomic E-state index is 10.0. The molecule has 268 valence electrons. The summed E-state index contributed by atoms with van der Waals surface area (Å²) in [6.07, 6.45) is 11.2. The predicted octanol–water partition coefficient (Wildman–Crippen LogP) is 6.34. The molecule has 2 heterocycles. The van der Waals surface area contributed by atoms with E-state index in [0.29, 0.717) is 23.6 Å². The van der Waals surface area contributed by atoms with Gasteiger partial charge >= 0.3 is 0 Å². The van der Waals surface area contributed by atoms with Crippen LogP contribution in [0.5, 0.6) is 11.5 Å². The van der Waals surface area contributed by atoms with E-state index in [1.165, 1.54) is 57.9 Å². The highest BCUT2D eigenvalue weighted by Crippen LogP contribution is 2.32. The smallest absolute Gasteiger partial charge is 0.119 e. The third-order valence-corrected chi connectivity index (χ3v) is 11.2. The van der Waals surface area contributed by atoms with Crippen LogP contribution < -0.4 is 9.79 Å². The molecule has 0 bridgehead atoms. The van der Waals surface area contributed by atoms with E-state index >= 15 is 0 Å². The second kappa shape index (κ2) is 19.8. The van der Waals surface area contributed by atoms with Crippen molar-refractivity contribution in [2.75, 3.05) is 26.2 Å². The van der Waals surface area contributed by atoms with E-state index in [2.05, 4.69) is 70.8 Å². The highest BCUT2D eigenvalue weighted by atomic mass is 32.1. The summed E-state index contributed by atoms with van der Waals surface area (Å²) in [5, 5.41) is 24.3. The normalized spacial score (nSPS) is 17.0. The zero-order valence-electron chi connectivity index (χ0n) is 28.7. The molecular formula is C38H51N2O6PS2-2. The molecule has 4 aromatic rings. The van der Waals surface area contributed by atoms with Gasteiger partial charge in [0, 0.05) is 34.9 Å². The summed E-state index contributed by atoms with van der Waals surface area (Å²) in [5.74, 6) is 0.966. The lowest BCUT2D eigenvalue weighted by Gasteiger charge is -2.35. The first kappa shape index (κ1) is 39.3. The summed E-state index contributed by atoms with van der Waals surface area (Å²) < 4.78 is 8.66. The number of nitrogens with zero attached hydrogens (tertiary/aromatic N) is 2. The minimum atomic E-state index is -5.14. The van der Waals surface area contributed by atoms with E-state index in [1.807, 2.05) is 46.9 Å². The van der Waals surface area contributed by atoms with Crippen LogP contribution in [0.3, 0.4) is 0 Å². The fraction of sp³-hybridized carbons (Fsp3) is 0.474. The highest BCUT2D eigenvalue weighted by molar-refractivity contribution is 7.42. The Bertz CT molecular complexity index is 1460. The van der Waals surface area contributed by atoms with Gasteiger partial charge in [0.1, 0.15) is 11.5 Å². The van der Waals surface area contributed by atoms with Gasteiger partial charge < -0.3 is 29.5 Å². The molecule has 0 fully saturated rings. The largest absolute Gasteiger partial charge is 0.790 e. The number of fused-ring (bicyclic) bond motifs is 2. The van der Waals surface area contributed by atoms with Crippen molar-refractivity contribution < 1.29 is 29.5 Å². The monoisotopic (exact) mass is 726 g/mol. The second-order valence-corrected chi connectivity index (χ2v) is 15.8. The van der Waals surface area contributed by atoms with E-state index in [9.17, 15) is 10.2 Å². The fourth-order valence-corrected chi connectivity index (χ4v) is 8.50. The summed E-state index contributed by atoms with van der Waals surface area (Å²) in [4.78, 5) is 32.6. The van der Waals surface area contributed by atoms with Crippen molar-refractivity contribution in [3.63, 3.8) is 0 Å². The molecule has 3 N–H and O–H groups in total. The Morgan fingerprint density at radius 2 is 1.10 bits per heavy atom. The van der Waals surface area contributed by atoms with E-state index in [-0.39, 0.29) is 0 Å².